The molecule has 1 fully saturated rings. The van der Waals surface area contributed by atoms with Crippen LogP contribution in [-0.4, -0.2) is 29.4 Å². The van der Waals surface area contributed by atoms with Gasteiger partial charge in [0.05, 0.1) is 5.92 Å². The lowest BCUT2D eigenvalue weighted by atomic mass is 9.90. The van der Waals surface area contributed by atoms with Crippen molar-refractivity contribution in [3.63, 3.8) is 0 Å². The summed E-state index contributed by atoms with van der Waals surface area (Å²) >= 11 is 0. The third-order valence-electron chi connectivity index (χ3n) is 3.78. The van der Waals surface area contributed by atoms with Crippen molar-refractivity contribution in [3.8, 4) is 0 Å². The molecule has 0 bridgehead atoms. The summed E-state index contributed by atoms with van der Waals surface area (Å²) in [7, 11) is 0. The zero-order valence-corrected chi connectivity index (χ0v) is 12.3. The van der Waals surface area contributed by atoms with Gasteiger partial charge in [-0.1, -0.05) is 20.8 Å². The molecule has 2 N–H and O–H groups in total. The molecule has 3 unspecified atom stereocenters. The quantitative estimate of drug-likeness (QED) is 0.849. The zero-order valence-electron chi connectivity index (χ0n) is 11.5. The first kappa shape index (κ1) is 16.7. The molecule has 1 aliphatic rings. The van der Waals surface area contributed by atoms with Gasteiger partial charge in [-0.25, -0.2) is 0 Å². The summed E-state index contributed by atoms with van der Waals surface area (Å²) in [6, 6.07) is 0.365. The highest BCUT2D eigenvalue weighted by Gasteiger charge is 2.32. The number of carbonyl (C=O) groups is 1. The van der Waals surface area contributed by atoms with Crippen LogP contribution in [0, 0.1) is 11.8 Å². The molecule has 0 aromatic heterocycles. The summed E-state index contributed by atoms with van der Waals surface area (Å²) in [5, 5.41) is 0. The molecule has 0 saturated carbocycles. The molecule has 4 heteroatoms. The van der Waals surface area contributed by atoms with E-state index in [1.54, 1.807) is 0 Å². The molecule has 3 atom stereocenters. The van der Waals surface area contributed by atoms with Crippen LogP contribution in [0.4, 0.5) is 0 Å². The van der Waals surface area contributed by atoms with Gasteiger partial charge in [-0.3, -0.25) is 4.79 Å². The Morgan fingerprint density at radius 2 is 1.82 bits per heavy atom. The Morgan fingerprint density at radius 3 is 2.29 bits per heavy atom. The minimum Gasteiger partial charge on any atom is -0.339 e. The number of hydrogen-bond acceptors (Lipinski definition) is 2. The molecule has 1 heterocycles. The standard InChI is InChI=1S/C13H26N2O.ClH/c1-9(2)12-7-5-6-8-15(12)13(16)10(3)11(4)14;/h9-12H,5-8,14H2,1-4H3;1H. The van der Waals surface area contributed by atoms with Crippen LogP contribution in [-0.2, 0) is 4.79 Å². The Balaban J connectivity index is 0.00000256. The van der Waals surface area contributed by atoms with Crippen LogP contribution in [0.25, 0.3) is 0 Å². The number of halogens is 1. The third kappa shape index (κ3) is 4.14. The lowest BCUT2D eigenvalue weighted by molar-refractivity contribution is -0.140. The predicted molar refractivity (Wildman–Crippen MR) is 74.3 cm³/mol. The molecule has 1 saturated heterocycles. The second-order valence-corrected chi connectivity index (χ2v) is 5.49. The van der Waals surface area contributed by atoms with Crippen LogP contribution in [0.5, 0.6) is 0 Å². The van der Waals surface area contributed by atoms with E-state index >= 15 is 0 Å². The van der Waals surface area contributed by atoms with Crippen LogP contribution in [0.1, 0.15) is 47.0 Å². The Hall–Kier alpha value is -0.280. The van der Waals surface area contributed by atoms with Crippen LogP contribution in [0.15, 0.2) is 0 Å². The second-order valence-electron chi connectivity index (χ2n) is 5.49. The van der Waals surface area contributed by atoms with E-state index in [4.69, 9.17) is 5.73 Å². The maximum Gasteiger partial charge on any atom is 0.227 e. The minimum absolute atomic E-state index is 0. The SMILES string of the molecule is CC(C)C1CCCCN1C(=O)C(C)C(C)N.Cl. The lowest BCUT2D eigenvalue weighted by Gasteiger charge is -2.40. The Morgan fingerprint density at radius 1 is 1.24 bits per heavy atom. The fraction of sp³-hybridized carbons (Fsp3) is 0.923. The van der Waals surface area contributed by atoms with Gasteiger partial charge in [0.2, 0.25) is 5.91 Å². The van der Waals surface area contributed by atoms with E-state index in [0.29, 0.717) is 12.0 Å². The van der Waals surface area contributed by atoms with Crippen LogP contribution in [0.3, 0.4) is 0 Å². The van der Waals surface area contributed by atoms with Gasteiger partial charge in [0.1, 0.15) is 0 Å². The van der Waals surface area contributed by atoms with E-state index in [-0.39, 0.29) is 30.3 Å². The van der Waals surface area contributed by atoms with Gasteiger partial charge in [-0.05, 0) is 32.1 Å². The van der Waals surface area contributed by atoms with Gasteiger partial charge in [0.25, 0.3) is 0 Å². The highest BCUT2D eigenvalue weighted by atomic mass is 35.5. The summed E-state index contributed by atoms with van der Waals surface area (Å²) in [6.45, 7) is 9.17. The maximum atomic E-state index is 12.3. The molecular formula is C13H27ClN2O. The van der Waals surface area contributed by atoms with Crippen molar-refractivity contribution in [3.05, 3.63) is 0 Å². The number of rotatable bonds is 3. The lowest BCUT2D eigenvalue weighted by Crippen LogP contribution is -2.50. The van der Waals surface area contributed by atoms with Gasteiger partial charge < -0.3 is 10.6 Å². The van der Waals surface area contributed by atoms with Crippen molar-refractivity contribution in [2.45, 2.75) is 59.0 Å². The van der Waals surface area contributed by atoms with Crippen molar-refractivity contribution < 1.29 is 4.79 Å². The summed E-state index contributed by atoms with van der Waals surface area (Å²) in [6.07, 6.45) is 3.54. The van der Waals surface area contributed by atoms with Crippen molar-refractivity contribution in [2.24, 2.45) is 17.6 Å². The monoisotopic (exact) mass is 262 g/mol. The summed E-state index contributed by atoms with van der Waals surface area (Å²) in [5.41, 5.74) is 5.82. The number of likely N-dealkylation sites (tertiary alicyclic amines) is 1. The molecule has 0 aromatic rings. The maximum absolute atomic E-state index is 12.3. The molecule has 1 aliphatic heterocycles. The number of carbonyl (C=O) groups excluding carboxylic acids is 1. The molecule has 17 heavy (non-hydrogen) atoms. The van der Waals surface area contributed by atoms with Gasteiger partial charge in [-0.2, -0.15) is 0 Å². The van der Waals surface area contributed by atoms with E-state index in [2.05, 4.69) is 18.7 Å². The predicted octanol–water partition coefficient (Wildman–Crippen LogP) is 2.43. The Bertz CT molecular complexity index is 244. The Kier molecular flexibility index (Phi) is 7.10. The first-order valence-corrected chi connectivity index (χ1v) is 6.51. The molecule has 0 radical (unpaired) electrons. The summed E-state index contributed by atoms with van der Waals surface area (Å²) in [5.74, 6) is 0.734. The van der Waals surface area contributed by atoms with Crippen LogP contribution in [0.2, 0.25) is 0 Å². The van der Waals surface area contributed by atoms with Crippen LogP contribution < -0.4 is 5.73 Å². The van der Waals surface area contributed by atoms with Gasteiger partial charge >= 0.3 is 0 Å². The number of nitrogens with zero attached hydrogens (tertiary/aromatic N) is 1. The number of hydrogen-bond donors (Lipinski definition) is 1. The number of amides is 1. The number of nitrogens with two attached hydrogens (primary N) is 1. The Labute approximate surface area is 112 Å². The van der Waals surface area contributed by atoms with Crippen molar-refractivity contribution in [2.75, 3.05) is 6.54 Å². The van der Waals surface area contributed by atoms with E-state index in [1.807, 2.05) is 13.8 Å². The molecule has 102 valence electrons. The largest absolute Gasteiger partial charge is 0.339 e. The molecule has 1 rings (SSSR count). The third-order valence-corrected chi connectivity index (χ3v) is 3.78. The fourth-order valence-corrected chi connectivity index (χ4v) is 2.41. The van der Waals surface area contributed by atoms with Gasteiger partial charge in [0.15, 0.2) is 0 Å². The van der Waals surface area contributed by atoms with Crippen molar-refractivity contribution in [1.82, 2.24) is 4.90 Å². The van der Waals surface area contributed by atoms with Crippen LogP contribution >= 0.6 is 12.4 Å². The van der Waals surface area contributed by atoms with Crippen molar-refractivity contribution >= 4 is 18.3 Å². The molecule has 0 aliphatic carbocycles. The average molecular weight is 263 g/mol. The highest BCUT2D eigenvalue weighted by Crippen LogP contribution is 2.25. The van der Waals surface area contributed by atoms with E-state index in [1.165, 1.54) is 6.42 Å². The van der Waals surface area contributed by atoms with Gasteiger partial charge in [-0.15, -0.1) is 12.4 Å². The van der Waals surface area contributed by atoms with E-state index in [0.717, 1.165) is 19.4 Å². The molecule has 3 nitrogen and oxygen atoms in total. The van der Waals surface area contributed by atoms with Gasteiger partial charge in [0, 0.05) is 18.6 Å². The molecular weight excluding hydrogens is 236 g/mol. The zero-order chi connectivity index (χ0) is 12.3. The highest BCUT2D eigenvalue weighted by molar-refractivity contribution is 5.85. The average Bonchev–Trinajstić information content (AvgIpc) is 2.26. The normalized spacial score (nSPS) is 24.1. The smallest absolute Gasteiger partial charge is 0.227 e. The topological polar surface area (TPSA) is 46.3 Å². The first-order valence-electron chi connectivity index (χ1n) is 6.51. The first-order chi connectivity index (χ1) is 7.45. The van der Waals surface area contributed by atoms with Crippen molar-refractivity contribution in [1.29, 1.82) is 0 Å². The van der Waals surface area contributed by atoms with E-state index < -0.39 is 0 Å². The number of piperidine rings is 1. The minimum atomic E-state index is -0.0562. The van der Waals surface area contributed by atoms with E-state index in [9.17, 15) is 4.79 Å². The summed E-state index contributed by atoms with van der Waals surface area (Å²) in [4.78, 5) is 14.4. The molecule has 0 aromatic carbocycles. The fourth-order valence-electron chi connectivity index (χ4n) is 2.41. The molecule has 1 amide bonds. The molecule has 0 spiro atoms. The summed E-state index contributed by atoms with van der Waals surface area (Å²) < 4.78 is 0. The second kappa shape index (κ2) is 7.22.